The molecule has 9 heteroatoms. The molecule has 2 aromatic carbocycles. The zero-order valence-electron chi connectivity index (χ0n) is 15.4. The number of nitrogens with one attached hydrogen (secondary N) is 2. The first-order valence-corrected chi connectivity index (χ1v) is 8.43. The summed E-state index contributed by atoms with van der Waals surface area (Å²) in [7, 11) is 3.03. The first-order chi connectivity index (χ1) is 13.5. The first kappa shape index (κ1) is 17.5. The summed E-state index contributed by atoms with van der Waals surface area (Å²) in [6.07, 6.45) is 0. The highest BCUT2D eigenvalue weighted by molar-refractivity contribution is 6.07. The number of fused-ring (bicyclic) bond motifs is 3. The van der Waals surface area contributed by atoms with Gasteiger partial charge in [-0.1, -0.05) is 11.3 Å². The molecule has 0 spiro atoms. The second-order valence-corrected chi connectivity index (χ2v) is 6.20. The molecule has 142 valence electrons. The molecule has 28 heavy (non-hydrogen) atoms. The molecule has 0 saturated heterocycles. The SMILES string of the molecule is COc1ccc(NC(=O)c2nnn3c2c(=O)[nH]c2cc(C)ccc23)cc1OC. The quantitative estimate of drug-likeness (QED) is 0.562. The van der Waals surface area contributed by atoms with Crippen molar-refractivity contribution in [2.45, 2.75) is 6.92 Å². The van der Waals surface area contributed by atoms with Crippen molar-refractivity contribution in [1.29, 1.82) is 0 Å². The number of hydrogen-bond acceptors (Lipinski definition) is 6. The van der Waals surface area contributed by atoms with Crippen molar-refractivity contribution in [2.24, 2.45) is 0 Å². The molecule has 2 N–H and O–H groups in total. The summed E-state index contributed by atoms with van der Waals surface area (Å²) in [5, 5.41) is 10.6. The van der Waals surface area contributed by atoms with E-state index in [2.05, 4.69) is 20.6 Å². The van der Waals surface area contributed by atoms with Gasteiger partial charge in [-0.25, -0.2) is 4.52 Å². The van der Waals surface area contributed by atoms with Crippen LogP contribution in [0.15, 0.2) is 41.2 Å². The number of aromatic amines is 1. The maximum Gasteiger partial charge on any atom is 0.278 e. The third kappa shape index (κ3) is 2.82. The molecule has 4 rings (SSSR count). The smallest absolute Gasteiger partial charge is 0.278 e. The molecule has 2 aromatic heterocycles. The number of aryl methyl sites for hydroxylation is 1. The minimum Gasteiger partial charge on any atom is -0.493 e. The molecule has 9 nitrogen and oxygen atoms in total. The highest BCUT2D eigenvalue weighted by Gasteiger charge is 2.20. The molecule has 0 atom stereocenters. The molecule has 0 aliphatic carbocycles. The molecular weight excluding hydrogens is 362 g/mol. The van der Waals surface area contributed by atoms with Gasteiger partial charge in [-0.05, 0) is 36.8 Å². The molecule has 0 aliphatic heterocycles. The van der Waals surface area contributed by atoms with Gasteiger partial charge in [-0.15, -0.1) is 5.10 Å². The first-order valence-electron chi connectivity index (χ1n) is 8.43. The van der Waals surface area contributed by atoms with Crippen LogP contribution in [0.1, 0.15) is 16.1 Å². The zero-order chi connectivity index (χ0) is 19.8. The van der Waals surface area contributed by atoms with Crippen LogP contribution in [0.25, 0.3) is 16.6 Å². The van der Waals surface area contributed by atoms with Crippen LogP contribution in [0.5, 0.6) is 11.5 Å². The van der Waals surface area contributed by atoms with E-state index in [0.29, 0.717) is 28.2 Å². The van der Waals surface area contributed by atoms with Crippen molar-refractivity contribution in [1.82, 2.24) is 19.8 Å². The number of nitrogens with zero attached hydrogens (tertiary/aromatic N) is 3. The number of aromatic nitrogens is 4. The molecule has 2 heterocycles. The highest BCUT2D eigenvalue weighted by atomic mass is 16.5. The fourth-order valence-corrected chi connectivity index (χ4v) is 3.03. The van der Waals surface area contributed by atoms with Gasteiger partial charge in [0.15, 0.2) is 22.7 Å². The van der Waals surface area contributed by atoms with Crippen LogP contribution in [0.3, 0.4) is 0 Å². The number of ether oxygens (including phenoxy) is 2. The summed E-state index contributed by atoms with van der Waals surface area (Å²) in [6, 6.07) is 10.5. The van der Waals surface area contributed by atoms with Crippen LogP contribution in [-0.4, -0.2) is 39.9 Å². The Labute approximate surface area is 158 Å². The maximum absolute atomic E-state index is 12.7. The van der Waals surface area contributed by atoms with Crippen molar-refractivity contribution in [2.75, 3.05) is 19.5 Å². The van der Waals surface area contributed by atoms with Gasteiger partial charge in [0.1, 0.15) is 0 Å². The lowest BCUT2D eigenvalue weighted by molar-refractivity contribution is 0.102. The fraction of sp³-hybridized carbons (Fsp3) is 0.158. The fourth-order valence-electron chi connectivity index (χ4n) is 3.03. The average molecular weight is 379 g/mol. The van der Waals surface area contributed by atoms with Crippen LogP contribution in [-0.2, 0) is 0 Å². The van der Waals surface area contributed by atoms with Crippen LogP contribution in [0, 0.1) is 6.92 Å². The standard InChI is InChI=1S/C19H17N5O4/c1-10-4-6-13-12(8-10)21-19(26)17-16(22-23-24(13)17)18(25)20-11-5-7-14(27-2)15(9-11)28-3/h4-9H,1-3H3,(H,20,25)(H,21,26). The number of amides is 1. The Kier molecular flexibility index (Phi) is 4.19. The maximum atomic E-state index is 12.7. The lowest BCUT2D eigenvalue weighted by atomic mass is 10.2. The topological polar surface area (TPSA) is 111 Å². The second kappa shape index (κ2) is 6.69. The molecule has 0 radical (unpaired) electrons. The van der Waals surface area contributed by atoms with Gasteiger partial charge in [-0.3, -0.25) is 9.59 Å². The normalized spacial score (nSPS) is 11.0. The Hall–Kier alpha value is -3.88. The van der Waals surface area contributed by atoms with Crippen LogP contribution in [0.2, 0.25) is 0 Å². The molecule has 0 fully saturated rings. The molecule has 0 aliphatic rings. The predicted molar refractivity (Wildman–Crippen MR) is 103 cm³/mol. The van der Waals surface area contributed by atoms with Gasteiger partial charge < -0.3 is 19.8 Å². The third-order valence-electron chi connectivity index (χ3n) is 4.37. The Balaban J connectivity index is 1.76. The number of carbonyl (C=O) groups excluding carboxylic acids is 1. The molecule has 4 aromatic rings. The van der Waals surface area contributed by atoms with Gasteiger partial charge in [0.25, 0.3) is 11.5 Å². The van der Waals surface area contributed by atoms with E-state index < -0.39 is 11.5 Å². The number of H-pyrrole nitrogens is 1. The van der Waals surface area contributed by atoms with E-state index in [9.17, 15) is 9.59 Å². The van der Waals surface area contributed by atoms with Crippen LogP contribution < -0.4 is 20.3 Å². The average Bonchev–Trinajstić information content (AvgIpc) is 3.13. The van der Waals surface area contributed by atoms with E-state index in [-0.39, 0.29) is 11.2 Å². The number of hydrogen-bond donors (Lipinski definition) is 2. The minimum absolute atomic E-state index is 0.0708. The molecule has 0 saturated carbocycles. The van der Waals surface area contributed by atoms with E-state index in [1.807, 2.05) is 25.1 Å². The van der Waals surface area contributed by atoms with Crippen LogP contribution >= 0.6 is 0 Å². The largest absolute Gasteiger partial charge is 0.493 e. The number of methoxy groups -OCH3 is 2. The third-order valence-corrected chi connectivity index (χ3v) is 4.37. The summed E-state index contributed by atoms with van der Waals surface area (Å²) >= 11 is 0. The number of benzene rings is 2. The van der Waals surface area contributed by atoms with E-state index >= 15 is 0 Å². The minimum atomic E-state index is -0.556. The van der Waals surface area contributed by atoms with Crippen LogP contribution in [0.4, 0.5) is 5.69 Å². The summed E-state index contributed by atoms with van der Waals surface area (Å²) in [6.45, 7) is 1.92. The van der Waals surface area contributed by atoms with E-state index in [1.165, 1.54) is 18.7 Å². The van der Waals surface area contributed by atoms with Crippen molar-refractivity contribution in [3.8, 4) is 11.5 Å². The lowest BCUT2D eigenvalue weighted by Gasteiger charge is -2.10. The Morgan fingerprint density at radius 1 is 1.11 bits per heavy atom. The Morgan fingerprint density at radius 2 is 1.89 bits per heavy atom. The second-order valence-electron chi connectivity index (χ2n) is 6.20. The zero-order valence-corrected chi connectivity index (χ0v) is 15.4. The highest BCUT2D eigenvalue weighted by Crippen LogP contribution is 2.30. The van der Waals surface area contributed by atoms with Gasteiger partial charge in [0, 0.05) is 11.8 Å². The summed E-state index contributed by atoms with van der Waals surface area (Å²) < 4.78 is 11.8. The molecule has 1 amide bonds. The van der Waals surface area contributed by atoms with E-state index in [1.54, 1.807) is 18.2 Å². The molecular formula is C19H17N5O4. The monoisotopic (exact) mass is 379 g/mol. The van der Waals surface area contributed by atoms with E-state index in [0.717, 1.165) is 5.56 Å². The van der Waals surface area contributed by atoms with Gasteiger partial charge in [0.2, 0.25) is 0 Å². The van der Waals surface area contributed by atoms with Crippen molar-refractivity contribution < 1.29 is 14.3 Å². The summed E-state index contributed by atoms with van der Waals surface area (Å²) in [5.74, 6) is 0.444. The Bertz CT molecular complexity index is 1270. The summed E-state index contributed by atoms with van der Waals surface area (Å²) in [5.41, 5.74) is 2.30. The molecule has 0 bridgehead atoms. The van der Waals surface area contributed by atoms with Gasteiger partial charge in [0.05, 0.1) is 25.3 Å². The lowest BCUT2D eigenvalue weighted by Crippen LogP contribution is -2.18. The Morgan fingerprint density at radius 3 is 2.64 bits per heavy atom. The van der Waals surface area contributed by atoms with E-state index in [4.69, 9.17) is 9.47 Å². The predicted octanol–water partition coefficient (Wildman–Crippen LogP) is 2.15. The number of carbonyl (C=O) groups is 1. The van der Waals surface area contributed by atoms with Crippen molar-refractivity contribution >= 4 is 28.1 Å². The van der Waals surface area contributed by atoms with Crippen molar-refractivity contribution in [3.63, 3.8) is 0 Å². The number of rotatable bonds is 4. The number of anilines is 1. The van der Waals surface area contributed by atoms with Gasteiger partial charge in [-0.2, -0.15) is 0 Å². The van der Waals surface area contributed by atoms with Crippen molar-refractivity contribution in [3.05, 3.63) is 58.0 Å². The summed E-state index contributed by atoms with van der Waals surface area (Å²) in [4.78, 5) is 28.1. The van der Waals surface area contributed by atoms with Gasteiger partial charge >= 0.3 is 0 Å². The molecule has 0 unspecified atom stereocenters.